The van der Waals surface area contributed by atoms with E-state index in [1.807, 2.05) is 17.9 Å². The van der Waals surface area contributed by atoms with Gasteiger partial charge in [-0.3, -0.25) is 4.68 Å². The molecule has 100 valence electrons. The lowest BCUT2D eigenvalue weighted by Gasteiger charge is -2.36. The van der Waals surface area contributed by atoms with Crippen molar-refractivity contribution >= 4 is 0 Å². The third-order valence-electron chi connectivity index (χ3n) is 3.99. The second-order valence-electron chi connectivity index (χ2n) is 5.39. The van der Waals surface area contributed by atoms with Gasteiger partial charge in [0, 0.05) is 30.8 Å². The molecule has 19 heavy (non-hydrogen) atoms. The molecule has 2 unspecified atom stereocenters. The molecule has 0 bridgehead atoms. The minimum Gasteiger partial charge on any atom is -0.309 e. The molecule has 0 saturated carbocycles. The Kier molecular flexibility index (Phi) is 3.38. The van der Waals surface area contributed by atoms with Crippen molar-refractivity contribution in [1.29, 1.82) is 0 Å². The van der Waals surface area contributed by atoms with Crippen molar-refractivity contribution in [1.82, 2.24) is 15.1 Å². The van der Waals surface area contributed by atoms with Crippen LogP contribution in [-0.2, 0) is 13.5 Å². The highest BCUT2D eigenvalue weighted by Gasteiger charge is 2.33. The largest absolute Gasteiger partial charge is 0.309 e. The molecule has 2 aromatic rings. The van der Waals surface area contributed by atoms with Gasteiger partial charge in [-0.05, 0) is 30.5 Å². The SMILES string of the molecule is CCCNC(c1cnn(C)c1)C1Cc2ccccc21. The van der Waals surface area contributed by atoms with Crippen molar-refractivity contribution < 1.29 is 0 Å². The van der Waals surface area contributed by atoms with E-state index in [0.717, 1.165) is 13.0 Å². The first-order valence-electron chi connectivity index (χ1n) is 7.09. The number of fused-ring (bicyclic) bond motifs is 1. The standard InChI is InChI=1S/C16H21N3/c1-3-8-17-16(13-10-18-19(2)11-13)15-9-12-6-4-5-7-14(12)15/h4-7,10-11,15-17H,3,8-9H2,1-2H3. The molecule has 1 aromatic carbocycles. The summed E-state index contributed by atoms with van der Waals surface area (Å²) in [7, 11) is 1.98. The lowest BCUT2D eigenvalue weighted by molar-refractivity contribution is 0.411. The van der Waals surface area contributed by atoms with E-state index in [1.54, 1.807) is 0 Å². The first kappa shape index (κ1) is 12.4. The number of benzene rings is 1. The number of aromatic nitrogens is 2. The molecule has 1 aromatic heterocycles. The van der Waals surface area contributed by atoms with Gasteiger partial charge in [-0.15, -0.1) is 0 Å². The van der Waals surface area contributed by atoms with E-state index in [9.17, 15) is 0 Å². The van der Waals surface area contributed by atoms with Crippen LogP contribution in [0.25, 0.3) is 0 Å². The number of rotatable bonds is 5. The van der Waals surface area contributed by atoms with Crippen LogP contribution in [0.5, 0.6) is 0 Å². The van der Waals surface area contributed by atoms with Gasteiger partial charge in [0.15, 0.2) is 0 Å². The van der Waals surface area contributed by atoms with Crippen LogP contribution in [-0.4, -0.2) is 16.3 Å². The lowest BCUT2D eigenvalue weighted by atomic mass is 9.72. The Morgan fingerprint density at radius 3 is 2.95 bits per heavy atom. The maximum atomic E-state index is 4.32. The smallest absolute Gasteiger partial charge is 0.0537 e. The van der Waals surface area contributed by atoms with Crippen molar-refractivity contribution in [3.05, 3.63) is 53.3 Å². The van der Waals surface area contributed by atoms with Crippen LogP contribution in [0, 0.1) is 0 Å². The van der Waals surface area contributed by atoms with Gasteiger partial charge in [0.2, 0.25) is 0 Å². The van der Waals surface area contributed by atoms with E-state index in [4.69, 9.17) is 0 Å². The monoisotopic (exact) mass is 255 g/mol. The van der Waals surface area contributed by atoms with E-state index >= 15 is 0 Å². The summed E-state index contributed by atoms with van der Waals surface area (Å²) in [5.74, 6) is 0.590. The number of aryl methyl sites for hydroxylation is 1. The molecule has 1 aliphatic carbocycles. The molecule has 2 atom stereocenters. The van der Waals surface area contributed by atoms with Crippen molar-refractivity contribution in [2.24, 2.45) is 7.05 Å². The Balaban J connectivity index is 1.85. The first-order valence-corrected chi connectivity index (χ1v) is 7.09. The zero-order valence-electron chi connectivity index (χ0n) is 11.6. The molecule has 3 heteroatoms. The highest BCUT2D eigenvalue weighted by Crippen LogP contribution is 2.43. The molecule has 0 radical (unpaired) electrons. The van der Waals surface area contributed by atoms with Crippen LogP contribution in [0.1, 0.15) is 42.0 Å². The summed E-state index contributed by atoms with van der Waals surface area (Å²) < 4.78 is 1.89. The van der Waals surface area contributed by atoms with Gasteiger partial charge in [0.1, 0.15) is 0 Å². The highest BCUT2D eigenvalue weighted by atomic mass is 15.2. The number of nitrogens with zero attached hydrogens (tertiary/aromatic N) is 2. The molecule has 3 nitrogen and oxygen atoms in total. The van der Waals surface area contributed by atoms with Crippen LogP contribution in [0.3, 0.4) is 0 Å². The first-order chi connectivity index (χ1) is 9.29. The third kappa shape index (κ3) is 2.30. The van der Waals surface area contributed by atoms with E-state index in [2.05, 4.69) is 47.8 Å². The summed E-state index contributed by atoms with van der Waals surface area (Å²) in [5.41, 5.74) is 4.30. The summed E-state index contributed by atoms with van der Waals surface area (Å²) in [6.45, 7) is 3.26. The minimum atomic E-state index is 0.392. The normalized spacial score (nSPS) is 18.7. The van der Waals surface area contributed by atoms with Crippen LogP contribution in [0.4, 0.5) is 0 Å². The lowest BCUT2D eigenvalue weighted by Crippen LogP contribution is -2.33. The van der Waals surface area contributed by atoms with Gasteiger partial charge >= 0.3 is 0 Å². The topological polar surface area (TPSA) is 29.9 Å². The summed E-state index contributed by atoms with van der Waals surface area (Å²) in [6, 6.07) is 9.18. The van der Waals surface area contributed by atoms with Gasteiger partial charge in [-0.2, -0.15) is 5.10 Å². The van der Waals surface area contributed by atoms with Gasteiger partial charge in [0.05, 0.1) is 6.20 Å². The molecule has 3 rings (SSSR count). The predicted molar refractivity (Wildman–Crippen MR) is 77.1 cm³/mol. The van der Waals surface area contributed by atoms with Crippen molar-refractivity contribution in [3.63, 3.8) is 0 Å². The molecule has 0 fully saturated rings. The second-order valence-corrected chi connectivity index (χ2v) is 5.39. The van der Waals surface area contributed by atoms with Crippen LogP contribution >= 0.6 is 0 Å². The zero-order valence-corrected chi connectivity index (χ0v) is 11.6. The van der Waals surface area contributed by atoms with Crippen LogP contribution in [0.15, 0.2) is 36.7 Å². The maximum absolute atomic E-state index is 4.32. The van der Waals surface area contributed by atoms with E-state index in [1.165, 1.54) is 23.1 Å². The average molecular weight is 255 g/mol. The highest BCUT2D eigenvalue weighted by molar-refractivity contribution is 5.42. The quantitative estimate of drug-likeness (QED) is 0.890. The predicted octanol–water partition coefficient (Wildman–Crippen LogP) is 2.80. The zero-order chi connectivity index (χ0) is 13.2. The molecule has 1 N–H and O–H groups in total. The van der Waals surface area contributed by atoms with Crippen molar-refractivity contribution in [2.45, 2.75) is 31.7 Å². The van der Waals surface area contributed by atoms with Gasteiger partial charge < -0.3 is 5.32 Å². The van der Waals surface area contributed by atoms with Gasteiger partial charge in [-0.25, -0.2) is 0 Å². The van der Waals surface area contributed by atoms with Crippen LogP contribution < -0.4 is 5.32 Å². The van der Waals surface area contributed by atoms with Gasteiger partial charge in [-0.1, -0.05) is 31.2 Å². The fourth-order valence-electron chi connectivity index (χ4n) is 2.99. The molecule has 0 aliphatic heterocycles. The fraction of sp³-hybridized carbons (Fsp3) is 0.438. The molecule has 0 spiro atoms. The minimum absolute atomic E-state index is 0.392. The summed E-state index contributed by atoms with van der Waals surface area (Å²) >= 11 is 0. The van der Waals surface area contributed by atoms with E-state index < -0.39 is 0 Å². The van der Waals surface area contributed by atoms with Crippen molar-refractivity contribution in [3.8, 4) is 0 Å². The third-order valence-corrected chi connectivity index (χ3v) is 3.99. The Labute approximate surface area is 114 Å². The number of hydrogen-bond acceptors (Lipinski definition) is 2. The Bertz CT molecular complexity index is 559. The molecule has 0 amide bonds. The molecule has 1 aliphatic rings. The Morgan fingerprint density at radius 1 is 1.42 bits per heavy atom. The summed E-state index contributed by atoms with van der Waals surface area (Å²) in [6.07, 6.45) is 6.46. The van der Waals surface area contributed by atoms with Gasteiger partial charge in [0.25, 0.3) is 0 Å². The van der Waals surface area contributed by atoms with Crippen LogP contribution in [0.2, 0.25) is 0 Å². The molecule has 0 saturated heterocycles. The summed E-state index contributed by atoms with van der Waals surface area (Å²) in [4.78, 5) is 0. The van der Waals surface area contributed by atoms with Crippen molar-refractivity contribution in [2.75, 3.05) is 6.54 Å². The summed E-state index contributed by atoms with van der Waals surface area (Å²) in [5, 5.41) is 8.01. The Hall–Kier alpha value is -1.61. The maximum Gasteiger partial charge on any atom is 0.0537 e. The molecular formula is C16H21N3. The number of nitrogens with one attached hydrogen (secondary N) is 1. The molecular weight excluding hydrogens is 234 g/mol. The van der Waals surface area contributed by atoms with E-state index in [0.29, 0.717) is 12.0 Å². The second kappa shape index (κ2) is 5.17. The molecule has 1 heterocycles. The number of hydrogen-bond donors (Lipinski definition) is 1. The van der Waals surface area contributed by atoms with E-state index in [-0.39, 0.29) is 0 Å². The Morgan fingerprint density at radius 2 is 2.26 bits per heavy atom. The fourth-order valence-corrected chi connectivity index (χ4v) is 2.99. The average Bonchev–Trinajstić information content (AvgIpc) is 2.81.